The number of H-pyrrole nitrogens is 1. The molecule has 0 aliphatic heterocycles. The molecule has 3 heteroatoms. The molecule has 0 amide bonds. The summed E-state index contributed by atoms with van der Waals surface area (Å²) >= 11 is 0. The summed E-state index contributed by atoms with van der Waals surface area (Å²) in [5, 5.41) is 4.70. The van der Waals surface area contributed by atoms with Gasteiger partial charge in [-0.15, -0.1) is 0 Å². The van der Waals surface area contributed by atoms with Gasteiger partial charge in [-0.25, -0.2) is 0 Å². The van der Waals surface area contributed by atoms with Crippen molar-refractivity contribution in [1.29, 1.82) is 0 Å². The molecule has 0 spiro atoms. The summed E-state index contributed by atoms with van der Waals surface area (Å²) in [5.74, 6) is 0. The van der Waals surface area contributed by atoms with Crippen molar-refractivity contribution in [2.75, 3.05) is 0 Å². The largest absolute Gasteiger partial charge is 0.361 e. The second-order valence-corrected chi connectivity index (χ2v) is 4.77. The van der Waals surface area contributed by atoms with E-state index >= 15 is 0 Å². The fraction of sp³-hybridized carbons (Fsp3) is 0.188. The summed E-state index contributed by atoms with van der Waals surface area (Å²) in [4.78, 5) is 7.59. The predicted octanol–water partition coefficient (Wildman–Crippen LogP) is 3.16. The smallest absolute Gasteiger partial charge is 0.0570 e. The Morgan fingerprint density at radius 2 is 2.11 bits per heavy atom. The van der Waals surface area contributed by atoms with Crippen LogP contribution in [0.4, 0.5) is 0 Å². The first-order chi connectivity index (χ1) is 9.33. The zero-order chi connectivity index (χ0) is 13.1. The third-order valence-corrected chi connectivity index (χ3v) is 3.36. The van der Waals surface area contributed by atoms with Crippen molar-refractivity contribution in [2.24, 2.45) is 0 Å². The van der Waals surface area contributed by atoms with E-state index in [1.165, 1.54) is 22.0 Å². The average Bonchev–Trinajstić information content (AvgIpc) is 2.88. The molecule has 3 nitrogen and oxygen atoms in total. The zero-order valence-corrected chi connectivity index (χ0v) is 11.0. The van der Waals surface area contributed by atoms with E-state index in [1.54, 1.807) is 0 Å². The van der Waals surface area contributed by atoms with E-state index < -0.39 is 0 Å². The lowest BCUT2D eigenvalue weighted by molar-refractivity contribution is 0.677. The third-order valence-electron chi connectivity index (χ3n) is 3.36. The molecule has 0 aliphatic rings. The quantitative estimate of drug-likeness (QED) is 0.747. The van der Waals surface area contributed by atoms with E-state index in [-0.39, 0.29) is 0 Å². The number of fused-ring (bicyclic) bond motifs is 1. The highest BCUT2D eigenvalue weighted by molar-refractivity contribution is 5.79. The fourth-order valence-electron chi connectivity index (χ4n) is 2.24. The first-order valence-electron chi connectivity index (χ1n) is 6.50. The highest BCUT2D eigenvalue weighted by Crippen LogP contribution is 2.14. The van der Waals surface area contributed by atoms with Crippen LogP contribution in [0.3, 0.4) is 0 Å². The number of pyridine rings is 1. The molecule has 96 valence electrons. The summed E-state index contributed by atoms with van der Waals surface area (Å²) in [6.45, 7) is 3.75. The lowest BCUT2D eigenvalue weighted by Gasteiger charge is -2.07. The number of aryl methyl sites for hydroxylation is 1. The van der Waals surface area contributed by atoms with Crippen molar-refractivity contribution in [3.63, 3.8) is 0 Å². The molecule has 2 N–H and O–H groups in total. The second-order valence-electron chi connectivity index (χ2n) is 4.77. The number of rotatable bonds is 4. The fourth-order valence-corrected chi connectivity index (χ4v) is 2.24. The molecule has 0 radical (unpaired) electrons. The molecular weight excluding hydrogens is 234 g/mol. The topological polar surface area (TPSA) is 40.7 Å². The van der Waals surface area contributed by atoms with Gasteiger partial charge in [0.05, 0.1) is 5.69 Å². The molecule has 1 aromatic carbocycles. The molecule has 2 aromatic heterocycles. The predicted molar refractivity (Wildman–Crippen MR) is 77.8 cm³/mol. The van der Waals surface area contributed by atoms with Gasteiger partial charge < -0.3 is 10.3 Å². The minimum Gasteiger partial charge on any atom is -0.361 e. The number of nitrogens with zero attached hydrogens (tertiary/aromatic N) is 1. The van der Waals surface area contributed by atoms with E-state index in [0.717, 1.165) is 18.8 Å². The zero-order valence-electron chi connectivity index (χ0n) is 11.0. The van der Waals surface area contributed by atoms with Gasteiger partial charge in [0.25, 0.3) is 0 Å². The number of nitrogens with one attached hydrogen (secondary N) is 2. The van der Waals surface area contributed by atoms with E-state index in [9.17, 15) is 0 Å². The summed E-state index contributed by atoms with van der Waals surface area (Å²) in [6.07, 6.45) is 3.81. The van der Waals surface area contributed by atoms with Gasteiger partial charge in [-0.3, -0.25) is 4.98 Å². The van der Waals surface area contributed by atoms with Crippen LogP contribution in [0, 0.1) is 6.92 Å². The molecular formula is C16H17N3. The van der Waals surface area contributed by atoms with Crippen LogP contribution in [0.25, 0.3) is 10.9 Å². The minimum atomic E-state index is 0.803. The number of aromatic amines is 1. The van der Waals surface area contributed by atoms with Crippen molar-refractivity contribution < 1.29 is 0 Å². The van der Waals surface area contributed by atoms with Crippen molar-refractivity contribution in [3.05, 3.63) is 65.6 Å². The monoisotopic (exact) mass is 251 g/mol. The second kappa shape index (κ2) is 5.24. The van der Waals surface area contributed by atoms with Crippen LogP contribution in [0.1, 0.15) is 16.8 Å². The summed E-state index contributed by atoms with van der Waals surface area (Å²) < 4.78 is 0. The van der Waals surface area contributed by atoms with Crippen LogP contribution < -0.4 is 5.32 Å². The van der Waals surface area contributed by atoms with Crippen LogP contribution in [0.2, 0.25) is 0 Å². The Balaban J connectivity index is 1.64. The van der Waals surface area contributed by atoms with E-state index in [0.29, 0.717) is 0 Å². The minimum absolute atomic E-state index is 0.803. The van der Waals surface area contributed by atoms with Gasteiger partial charge in [-0.05, 0) is 47.7 Å². The first kappa shape index (κ1) is 11.9. The SMILES string of the molecule is Cc1cccnc1CNCc1ccc2[nH]ccc2c1. The molecule has 2 heterocycles. The number of hydrogen-bond acceptors (Lipinski definition) is 2. The van der Waals surface area contributed by atoms with Crippen LogP contribution >= 0.6 is 0 Å². The van der Waals surface area contributed by atoms with Gasteiger partial charge in [-0.1, -0.05) is 12.1 Å². The lowest BCUT2D eigenvalue weighted by atomic mass is 10.1. The Kier molecular flexibility index (Phi) is 3.29. The van der Waals surface area contributed by atoms with Crippen molar-refractivity contribution in [3.8, 4) is 0 Å². The molecule has 0 saturated carbocycles. The molecule has 0 aliphatic carbocycles. The van der Waals surface area contributed by atoms with E-state index in [4.69, 9.17) is 0 Å². The summed E-state index contributed by atoms with van der Waals surface area (Å²) in [7, 11) is 0. The van der Waals surface area contributed by atoms with E-state index in [1.807, 2.05) is 18.5 Å². The Labute approximate surface area is 112 Å². The van der Waals surface area contributed by atoms with Crippen molar-refractivity contribution >= 4 is 10.9 Å². The van der Waals surface area contributed by atoms with Gasteiger partial charge in [0.1, 0.15) is 0 Å². The summed E-state index contributed by atoms with van der Waals surface area (Å²) in [5.41, 5.74) is 4.83. The lowest BCUT2D eigenvalue weighted by Crippen LogP contribution is -2.14. The van der Waals surface area contributed by atoms with Gasteiger partial charge in [0.15, 0.2) is 0 Å². The molecule has 0 unspecified atom stereocenters. The van der Waals surface area contributed by atoms with Crippen LogP contribution in [0.15, 0.2) is 48.8 Å². The molecule has 0 atom stereocenters. The number of aromatic nitrogens is 2. The Morgan fingerprint density at radius 3 is 3.00 bits per heavy atom. The van der Waals surface area contributed by atoms with Gasteiger partial charge in [0.2, 0.25) is 0 Å². The van der Waals surface area contributed by atoms with Crippen LogP contribution in [-0.2, 0) is 13.1 Å². The number of hydrogen-bond donors (Lipinski definition) is 2. The maximum atomic E-state index is 4.38. The van der Waals surface area contributed by atoms with E-state index in [2.05, 4.69) is 52.5 Å². The maximum Gasteiger partial charge on any atom is 0.0570 e. The molecule has 19 heavy (non-hydrogen) atoms. The molecule has 3 rings (SSSR count). The molecule has 0 fully saturated rings. The van der Waals surface area contributed by atoms with Crippen molar-refractivity contribution in [2.45, 2.75) is 20.0 Å². The standard InChI is InChI=1S/C16H17N3/c1-12-3-2-7-18-16(12)11-17-10-13-4-5-15-14(9-13)6-8-19-15/h2-9,17,19H,10-11H2,1H3. The molecule has 3 aromatic rings. The van der Waals surface area contributed by atoms with Crippen molar-refractivity contribution in [1.82, 2.24) is 15.3 Å². The third kappa shape index (κ3) is 2.66. The number of benzene rings is 1. The Hall–Kier alpha value is -2.13. The highest BCUT2D eigenvalue weighted by atomic mass is 14.9. The van der Waals surface area contributed by atoms with Crippen LogP contribution in [-0.4, -0.2) is 9.97 Å². The maximum absolute atomic E-state index is 4.38. The summed E-state index contributed by atoms with van der Waals surface area (Å²) in [6, 6.07) is 12.6. The van der Waals surface area contributed by atoms with Gasteiger partial charge in [-0.2, -0.15) is 0 Å². The Morgan fingerprint density at radius 1 is 1.16 bits per heavy atom. The van der Waals surface area contributed by atoms with Gasteiger partial charge >= 0.3 is 0 Å². The first-order valence-corrected chi connectivity index (χ1v) is 6.50. The normalized spacial score (nSPS) is 11.0. The average molecular weight is 251 g/mol. The van der Waals surface area contributed by atoms with Gasteiger partial charge in [0, 0.05) is 31.0 Å². The Bertz CT molecular complexity index is 685. The molecule has 0 saturated heterocycles. The highest BCUT2D eigenvalue weighted by Gasteiger charge is 2.00. The molecule has 0 bridgehead atoms. The van der Waals surface area contributed by atoms with Crippen LogP contribution in [0.5, 0.6) is 0 Å².